The molecule has 0 bridgehead atoms. The van der Waals surface area contributed by atoms with Crippen molar-refractivity contribution in [1.82, 2.24) is 10.2 Å². The van der Waals surface area contributed by atoms with Crippen LogP contribution in [0.15, 0.2) is 50.8 Å². The number of rotatable bonds is 5. The molecule has 2 aromatic carbocycles. The Kier molecular flexibility index (Phi) is 6.81. The quantitative estimate of drug-likeness (QED) is 0.205. The first-order chi connectivity index (χ1) is 14.2. The Balaban J connectivity index is 2.00. The van der Waals surface area contributed by atoms with E-state index in [2.05, 4.69) is 31.1 Å². The molecule has 1 aliphatic rings. The van der Waals surface area contributed by atoms with Gasteiger partial charge in [-0.2, -0.15) is 15.5 Å². The molecule has 2 aromatic rings. The first-order valence-electron chi connectivity index (χ1n) is 8.44. The van der Waals surface area contributed by atoms with Gasteiger partial charge >= 0.3 is 0 Å². The number of sulfonamides is 1. The lowest BCUT2D eigenvalue weighted by Gasteiger charge is -2.17. The van der Waals surface area contributed by atoms with Gasteiger partial charge in [0, 0.05) is 10.9 Å². The number of aromatic hydroxyl groups is 1. The van der Waals surface area contributed by atoms with E-state index in [-0.39, 0.29) is 16.7 Å². The van der Waals surface area contributed by atoms with Gasteiger partial charge in [-0.1, -0.05) is 23.7 Å². The van der Waals surface area contributed by atoms with Crippen molar-refractivity contribution in [3.63, 3.8) is 0 Å². The third kappa shape index (κ3) is 4.67. The zero-order chi connectivity index (χ0) is 21.9. The number of phenols is 1. The second-order valence-electron chi connectivity index (χ2n) is 6.03. The summed E-state index contributed by atoms with van der Waals surface area (Å²) in [7, 11) is -4.22. The number of nitrogens with zero attached hydrogens (tertiary/aromatic N) is 3. The van der Waals surface area contributed by atoms with Crippen LogP contribution in [-0.2, 0) is 14.9 Å². The van der Waals surface area contributed by atoms with Gasteiger partial charge in [-0.3, -0.25) is 0 Å². The molecular weight excluding hydrogens is 500 g/mol. The maximum absolute atomic E-state index is 12.7. The number of hydroxylamine groups is 1. The summed E-state index contributed by atoms with van der Waals surface area (Å²) >= 11 is 9.36. The fourth-order valence-electron chi connectivity index (χ4n) is 2.64. The number of anilines is 1. The monoisotopic (exact) mass is 514 g/mol. The minimum absolute atomic E-state index is 0.180. The molecule has 0 amide bonds. The smallest absolute Gasteiger partial charge is 0.247 e. The summed E-state index contributed by atoms with van der Waals surface area (Å²) in [4.78, 5) is 9.40. The maximum atomic E-state index is 12.7. The molecule has 3 rings (SSSR count). The Bertz CT molecular complexity index is 1130. The second kappa shape index (κ2) is 9.17. The lowest BCUT2D eigenvalue weighted by molar-refractivity contribution is 0.0866. The number of guanidine groups is 1. The van der Waals surface area contributed by atoms with E-state index in [1.807, 2.05) is 6.19 Å². The van der Waals surface area contributed by atoms with E-state index in [9.17, 15) is 18.8 Å². The van der Waals surface area contributed by atoms with Crippen LogP contribution in [0.25, 0.3) is 0 Å². The third-order valence-corrected chi connectivity index (χ3v) is 6.66. The molecule has 0 saturated carbocycles. The van der Waals surface area contributed by atoms with E-state index < -0.39 is 26.8 Å². The highest BCUT2D eigenvalue weighted by atomic mass is 79.9. The number of halogens is 2. The van der Waals surface area contributed by atoms with Crippen molar-refractivity contribution in [2.45, 2.75) is 17.5 Å². The Morgan fingerprint density at radius 2 is 2.17 bits per heavy atom. The largest absolute Gasteiger partial charge is 0.504 e. The number of phenolic OH excluding ortho intramolecular Hbond substituents is 1. The van der Waals surface area contributed by atoms with Gasteiger partial charge in [-0.25, -0.2) is 18.3 Å². The molecule has 1 saturated heterocycles. The maximum Gasteiger partial charge on any atom is 0.247 e. The number of hydrogen-bond donors (Lipinski definition) is 4. The van der Waals surface area contributed by atoms with Gasteiger partial charge in [0.1, 0.15) is 10.6 Å². The number of nitrogens with one attached hydrogen (secondary N) is 2. The molecule has 1 aliphatic heterocycles. The Labute approximate surface area is 186 Å². The van der Waals surface area contributed by atoms with Crippen molar-refractivity contribution in [2.75, 3.05) is 11.5 Å². The zero-order valence-electron chi connectivity index (χ0n) is 15.2. The third-order valence-electron chi connectivity index (χ3n) is 4.02. The molecule has 5 N–H and O–H groups in total. The van der Waals surface area contributed by atoms with Gasteiger partial charge in [0.2, 0.25) is 16.0 Å². The van der Waals surface area contributed by atoms with Crippen molar-refractivity contribution < 1.29 is 18.4 Å². The fourth-order valence-corrected chi connectivity index (χ4v) is 4.90. The van der Waals surface area contributed by atoms with Crippen LogP contribution in [0.2, 0.25) is 5.02 Å². The van der Waals surface area contributed by atoms with Crippen LogP contribution in [0, 0.1) is 11.5 Å². The number of nitrogens with two attached hydrogens (primary N) is 1. The second-order valence-corrected chi connectivity index (χ2v) is 8.94. The number of aliphatic imine (C=N–C) groups is 1. The summed E-state index contributed by atoms with van der Waals surface area (Å²) < 4.78 is 28.4. The summed E-state index contributed by atoms with van der Waals surface area (Å²) in [6.07, 6.45) is 1.61. The molecule has 0 aliphatic carbocycles. The average molecular weight is 516 g/mol. The molecule has 1 heterocycles. The van der Waals surface area contributed by atoms with Gasteiger partial charge in [-0.15, -0.1) is 0 Å². The van der Waals surface area contributed by atoms with E-state index in [0.29, 0.717) is 23.2 Å². The summed E-state index contributed by atoms with van der Waals surface area (Å²) in [5.41, 5.74) is 8.69. The standard InChI is InChI=1S/C17H16BrClN6O4S/c18-10-3-1-2-4-13(10)25(9-20)17(21)22-12-6-5-11(19)16(15(12)26)30(27,28)24-14-7-8-29-23-14/h1-6,14,23-24,26H,7-8H2,(H2,21,22). The van der Waals surface area contributed by atoms with Gasteiger partial charge in [0.05, 0.1) is 23.5 Å². The fraction of sp³-hybridized carbons (Fsp3) is 0.176. The SMILES string of the molecule is N#CN(C(N)=Nc1ccc(Cl)c(S(=O)(=O)NC2CCON2)c1O)c1ccccc1Br. The summed E-state index contributed by atoms with van der Waals surface area (Å²) in [6.45, 7) is 0.326. The topological polar surface area (TPSA) is 153 Å². The molecule has 0 aromatic heterocycles. The highest BCUT2D eigenvalue weighted by molar-refractivity contribution is 9.10. The minimum Gasteiger partial charge on any atom is -0.504 e. The predicted octanol–water partition coefficient (Wildman–Crippen LogP) is 2.27. The minimum atomic E-state index is -4.22. The number of hydrogen-bond acceptors (Lipinski definition) is 7. The van der Waals surface area contributed by atoms with Crippen molar-refractivity contribution in [1.29, 1.82) is 5.26 Å². The Hall–Kier alpha value is -2.40. The molecule has 0 spiro atoms. The first kappa shape index (κ1) is 22.3. The van der Waals surface area contributed by atoms with Gasteiger partial charge in [0.25, 0.3) is 0 Å². The van der Waals surface area contributed by atoms with Crippen molar-refractivity contribution in [3.8, 4) is 11.9 Å². The highest BCUT2D eigenvalue weighted by Crippen LogP contribution is 2.39. The van der Waals surface area contributed by atoms with Crippen LogP contribution in [0.1, 0.15) is 6.42 Å². The molecule has 10 nitrogen and oxygen atoms in total. The van der Waals surface area contributed by atoms with E-state index >= 15 is 0 Å². The van der Waals surface area contributed by atoms with Crippen molar-refractivity contribution >= 4 is 54.9 Å². The summed E-state index contributed by atoms with van der Waals surface area (Å²) in [6, 6.07) is 9.36. The van der Waals surface area contributed by atoms with Crippen molar-refractivity contribution in [2.24, 2.45) is 10.7 Å². The first-order valence-corrected chi connectivity index (χ1v) is 11.1. The summed E-state index contributed by atoms with van der Waals surface area (Å²) in [5, 5.41) is 19.9. The molecule has 1 atom stereocenters. The van der Waals surface area contributed by atoms with Crippen LogP contribution in [0.4, 0.5) is 11.4 Å². The predicted molar refractivity (Wildman–Crippen MR) is 114 cm³/mol. The number of benzene rings is 2. The van der Waals surface area contributed by atoms with E-state index in [1.165, 1.54) is 12.1 Å². The normalized spacial score (nSPS) is 17.0. The molecule has 30 heavy (non-hydrogen) atoms. The van der Waals surface area contributed by atoms with Crippen LogP contribution in [0.5, 0.6) is 5.75 Å². The van der Waals surface area contributed by atoms with Crippen LogP contribution >= 0.6 is 27.5 Å². The highest BCUT2D eigenvalue weighted by Gasteiger charge is 2.29. The number of para-hydroxylation sites is 1. The molecule has 1 unspecified atom stereocenters. The lowest BCUT2D eigenvalue weighted by Crippen LogP contribution is -2.40. The van der Waals surface area contributed by atoms with Crippen molar-refractivity contribution in [3.05, 3.63) is 45.9 Å². The Morgan fingerprint density at radius 1 is 1.43 bits per heavy atom. The van der Waals surface area contributed by atoms with Crippen LogP contribution in [0.3, 0.4) is 0 Å². The van der Waals surface area contributed by atoms with E-state index in [4.69, 9.17) is 22.2 Å². The van der Waals surface area contributed by atoms with E-state index in [0.717, 1.165) is 4.90 Å². The Morgan fingerprint density at radius 3 is 2.80 bits per heavy atom. The van der Waals surface area contributed by atoms with Gasteiger partial charge in [-0.05, 0) is 40.2 Å². The molecular formula is C17H16BrClN6O4S. The summed E-state index contributed by atoms with van der Waals surface area (Å²) in [5.74, 6) is -0.994. The van der Waals surface area contributed by atoms with Gasteiger partial charge in [0.15, 0.2) is 11.9 Å². The average Bonchev–Trinajstić information content (AvgIpc) is 3.18. The molecule has 158 valence electrons. The zero-order valence-corrected chi connectivity index (χ0v) is 18.4. The molecule has 13 heteroatoms. The molecule has 1 fully saturated rings. The lowest BCUT2D eigenvalue weighted by atomic mass is 10.3. The van der Waals surface area contributed by atoms with Crippen LogP contribution in [-0.4, -0.2) is 32.3 Å². The van der Waals surface area contributed by atoms with Gasteiger partial charge < -0.3 is 15.7 Å². The molecule has 0 radical (unpaired) electrons. The van der Waals surface area contributed by atoms with Crippen LogP contribution < -0.4 is 20.8 Å². The number of nitriles is 1. The van der Waals surface area contributed by atoms with E-state index in [1.54, 1.807) is 24.3 Å².